The van der Waals surface area contributed by atoms with Crippen molar-refractivity contribution < 1.29 is 0 Å². The van der Waals surface area contributed by atoms with Gasteiger partial charge in [0.25, 0.3) is 0 Å². The number of rotatable bonds is 7. The van der Waals surface area contributed by atoms with Crippen LogP contribution in [0.15, 0.2) is 43.0 Å². The van der Waals surface area contributed by atoms with Crippen LogP contribution in [-0.2, 0) is 6.54 Å². The average molecular weight is 307 g/mol. The lowest BCUT2D eigenvalue weighted by Crippen LogP contribution is -2.44. The van der Waals surface area contributed by atoms with Crippen LogP contribution < -0.4 is 5.19 Å². The van der Waals surface area contributed by atoms with Crippen molar-refractivity contribution in [2.24, 2.45) is 0 Å². The fourth-order valence-corrected chi connectivity index (χ4v) is 6.86. The SMILES string of the molecule is CCC[Si](C)(CCCn1ccnc1)c1ccc(Cl)cc1. The molecule has 0 saturated carbocycles. The maximum absolute atomic E-state index is 6.02. The fourth-order valence-electron chi connectivity index (χ4n) is 2.89. The Morgan fingerprint density at radius 1 is 1.20 bits per heavy atom. The van der Waals surface area contributed by atoms with E-state index in [9.17, 15) is 0 Å². The lowest BCUT2D eigenvalue weighted by atomic mass is 10.4. The molecule has 1 aromatic heterocycles. The van der Waals surface area contributed by atoms with Crippen LogP contribution in [0.25, 0.3) is 0 Å². The molecule has 0 fully saturated rings. The summed E-state index contributed by atoms with van der Waals surface area (Å²) in [5, 5.41) is 2.37. The molecule has 0 aliphatic rings. The van der Waals surface area contributed by atoms with E-state index in [2.05, 4.69) is 35.2 Å². The highest BCUT2D eigenvalue weighted by Crippen LogP contribution is 2.21. The molecular weight excluding hydrogens is 284 g/mol. The molecular formula is C16H23ClN2Si. The first kappa shape index (κ1) is 15.3. The molecule has 1 heterocycles. The maximum atomic E-state index is 6.02. The lowest BCUT2D eigenvalue weighted by molar-refractivity contribution is 0.672. The van der Waals surface area contributed by atoms with E-state index in [0.29, 0.717) is 0 Å². The quantitative estimate of drug-likeness (QED) is 0.697. The fraction of sp³-hybridized carbons (Fsp3) is 0.438. The van der Waals surface area contributed by atoms with Gasteiger partial charge < -0.3 is 4.57 Å². The number of aromatic nitrogens is 2. The summed E-state index contributed by atoms with van der Waals surface area (Å²) in [6.45, 7) is 5.87. The van der Waals surface area contributed by atoms with E-state index in [1.165, 1.54) is 30.1 Å². The number of halogens is 1. The van der Waals surface area contributed by atoms with Crippen LogP contribution >= 0.6 is 11.6 Å². The molecule has 0 spiro atoms. The summed E-state index contributed by atoms with van der Waals surface area (Å²) in [6, 6.07) is 11.2. The van der Waals surface area contributed by atoms with Crippen molar-refractivity contribution in [1.29, 1.82) is 0 Å². The van der Waals surface area contributed by atoms with Gasteiger partial charge in [-0.1, -0.05) is 60.9 Å². The zero-order chi connectivity index (χ0) is 14.4. The van der Waals surface area contributed by atoms with Crippen LogP contribution in [-0.4, -0.2) is 17.6 Å². The van der Waals surface area contributed by atoms with Crippen molar-refractivity contribution in [3.8, 4) is 0 Å². The van der Waals surface area contributed by atoms with Gasteiger partial charge in [-0.15, -0.1) is 0 Å². The Balaban J connectivity index is 2.02. The number of nitrogens with zero attached hydrogens (tertiary/aromatic N) is 2. The predicted molar refractivity (Wildman–Crippen MR) is 89.5 cm³/mol. The van der Waals surface area contributed by atoms with Gasteiger partial charge in [-0.25, -0.2) is 4.98 Å². The standard InChI is InChI=1S/C16H23ClN2Si/c1-3-12-20(2,16-7-5-15(17)6-8-16)13-4-10-19-11-9-18-14-19/h5-9,11,14H,3-4,10,12-13H2,1-2H3. The van der Waals surface area contributed by atoms with Crippen LogP contribution in [0.4, 0.5) is 0 Å². The van der Waals surface area contributed by atoms with Gasteiger partial charge in [0.2, 0.25) is 0 Å². The Bertz CT molecular complexity index is 510. The minimum absolute atomic E-state index is 0.833. The van der Waals surface area contributed by atoms with Gasteiger partial charge in [0.05, 0.1) is 14.4 Å². The third-order valence-electron chi connectivity index (χ3n) is 4.05. The highest BCUT2D eigenvalue weighted by Gasteiger charge is 2.27. The van der Waals surface area contributed by atoms with E-state index in [0.717, 1.165) is 11.6 Å². The van der Waals surface area contributed by atoms with Gasteiger partial charge in [-0.3, -0.25) is 0 Å². The van der Waals surface area contributed by atoms with Crippen LogP contribution in [0.2, 0.25) is 23.7 Å². The second-order valence-corrected chi connectivity index (χ2v) is 10.9. The Kier molecular flexibility index (Phi) is 5.43. The maximum Gasteiger partial charge on any atom is 0.0945 e. The largest absolute Gasteiger partial charge is 0.338 e. The molecule has 0 N–H and O–H groups in total. The lowest BCUT2D eigenvalue weighted by Gasteiger charge is -2.28. The highest BCUT2D eigenvalue weighted by atomic mass is 35.5. The van der Waals surface area contributed by atoms with Crippen LogP contribution in [0, 0.1) is 0 Å². The second kappa shape index (κ2) is 7.09. The van der Waals surface area contributed by atoms with E-state index in [1.807, 2.05) is 30.9 Å². The molecule has 0 bridgehead atoms. The highest BCUT2D eigenvalue weighted by molar-refractivity contribution is 6.90. The number of benzene rings is 1. The third kappa shape index (κ3) is 3.97. The molecule has 1 atom stereocenters. The Hall–Kier alpha value is -1.06. The molecule has 0 saturated heterocycles. The van der Waals surface area contributed by atoms with Crippen LogP contribution in [0.1, 0.15) is 19.8 Å². The van der Waals surface area contributed by atoms with Crippen molar-refractivity contribution in [2.75, 3.05) is 0 Å². The van der Waals surface area contributed by atoms with E-state index < -0.39 is 8.07 Å². The zero-order valence-electron chi connectivity index (χ0n) is 12.3. The number of aryl methyl sites for hydroxylation is 1. The summed E-state index contributed by atoms with van der Waals surface area (Å²) in [4.78, 5) is 4.10. The van der Waals surface area contributed by atoms with E-state index in [1.54, 1.807) is 0 Å². The topological polar surface area (TPSA) is 17.8 Å². The molecule has 2 nitrogen and oxygen atoms in total. The second-order valence-electron chi connectivity index (χ2n) is 5.72. The first-order valence-corrected chi connectivity index (χ1v) is 10.6. The van der Waals surface area contributed by atoms with Crippen LogP contribution in [0.3, 0.4) is 0 Å². The van der Waals surface area contributed by atoms with Gasteiger partial charge in [0.15, 0.2) is 0 Å². The molecule has 0 radical (unpaired) electrons. The Morgan fingerprint density at radius 3 is 2.55 bits per heavy atom. The van der Waals surface area contributed by atoms with Crippen molar-refractivity contribution in [3.63, 3.8) is 0 Å². The molecule has 1 aromatic carbocycles. The number of hydrogen-bond acceptors (Lipinski definition) is 1. The molecule has 0 aliphatic carbocycles. The van der Waals surface area contributed by atoms with E-state index in [4.69, 9.17) is 11.6 Å². The minimum atomic E-state index is -1.37. The normalized spacial score (nSPS) is 14.2. The Morgan fingerprint density at radius 2 is 1.95 bits per heavy atom. The molecule has 108 valence electrons. The van der Waals surface area contributed by atoms with Crippen molar-refractivity contribution in [1.82, 2.24) is 9.55 Å². The number of imidazole rings is 1. The summed E-state index contributed by atoms with van der Waals surface area (Å²) in [7, 11) is -1.37. The molecule has 2 rings (SSSR count). The first-order chi connectivity index (χ1) is 9.64. The summed E-state index contributed by atoms with van der Waals surface area (Å²) >= 11 is 6.02. The number of hydrogen-bond donors (Lipinski definition) is 0. The van der Waals surface area contributed by atoms with Crippen LogP contribution in [0.5, 0.6) is 0 Å². The van der Waals surface area contributed by atoms with Gasteiger partial charge in [-0.2, -0.15) is 0 Å². The molecule has 2 aromatic rings. The summed E-state index contributed by atoms with van der Waals surface area (Å²) in [6.07, 6.45) is 8.28. The smallest absolute Gasteiger partial charge is 0.0945 e. The monoisotopic (exact) mass is 306 g/mol. The van der Waals surface area contributed by atoms with Gasteiger partial charge in [0, 0.05) is 24.0 Å². The molecule has 0 aliphatic heterocycles. The summed E-state index contributed by atoms with van der Waals surface area (Å²) in [5.41, 5.74) is 0. The van der Waals surface area contributed by atoms with Crippen molar-refractivity contribution in [3.05, 3.63) is 48.0 Å². The first-order valence-electron chi connectivity index (χ1n) is 7.36. The zero-order valence-corrected chi connectivity index (χ0v) is 14.1. The summed E-state index contributed by atoms with van der Waals surface area (Å²) < 4.78 is 2.17. The molecule has 0 amide bonds. The molecule has 4 heteroatoms. The molecule has 1 unspecified atom stereocenters. The Labute approximate surface area is 127 Å². The van der Waals surface area contributed by atoms with Gasteiger partial charge >= 0.3 is 0 Å². The van der Waals surface area contributed by atoms with Gasteiger partial charge in [0.1, 0.15) is 0 Å². The summed E-state index contributed by atoms with van der Waals surface area (Å²) in [5.74, 6) is 0. The molecule has 20 heavy (non-hydrogen) atoms. The van der Waals surface area contributed by atoms with Gasteiger partial charge in [-0.05, 0) is 18.6 Å². The van der Waals surface area contributed by atoms with Crippen molar-refractivity contribution in [2.45, 2.75) is 44.9 Å². The average Bonchev–Trinajstić information content (AvgIpc) is 2.93. The minimum Gasteiger partial charge on any atom is -0.338 e. The van der Waals surface area contributed by atoms with E-state index >= 15 is 0 Å². The van der Waals surface area contributed by atoms with E-state index in [-0.39, 0.29) is 0 Å². The van der Waals surface area contributed by atoms with Crippen molar-refractivity contribution >= 4 is 24.9 Å². The third-order valence-corrected chi connectivity index (χ3v) is 9.09. The predicted octanol–water partition coefficient (Wildman–Crippen LogP) is 4.32.